The minimum absolute atomic E-state index is 0.255. The van der Waals surface area contributed by atoms with E-state index in [0.717, 1.165) is 22.8 Å². The molecule has 36 heavy (non-hydrogen) atoms. The summed E-state index contributed by atoms with van der Waals surface area (Å²) in [5, 5.41) is 0.652. The van der Waals surface area contributed by atoms with Gasteiger partial charge in [-0.15, -0.1) is 0 Å². The van der Waals surface area contributed by atoms with Crippen LogP contribution >= 0.6 is 0 Å². The molecule has 0 aliphatic rings. The summed E-state index contributed by atoms with van der Waals surface area (Å²) in [6, 6.07) is 22.6. The number of pyridine rings is 1. The van der Waals surface area contributed by atoms with Crippen LogP contribution in [0.25, 0.3) is 28.0 Å². The molecule has 0 N–H and O–H groups in total. The first kappa shape index (κ1) is 23.3. The lowest BCUT2D eigenvalue weighted by Gasteiger charge is -2.11. The monoisotopic (exact) mass is 478 g/mol. The van der Waals surface area contributed by atoms with E-state index in [0.29, 0.717) is 33.5 Å². The molecule has 3 aromatic heterocycles. The number of ether oxygens (including phenoxy) is 1. The van der Waals surface area contributed by atoms with Gasteiger partial charge in [0.15, 0.2) is 12.4 Å². The number of para-hydroxylation sites is 1. The summed E-state index contributed by atoms with van der Waals surface area (Å²) < 4.78 is 13.3. The van der Waals surface area contributed by atoms with Gasteiger partial charge < -0.3 is 13.7 Å². The van der Waals surface area contributed by atoms with Gasteiger partial charge in [0.25, 0.3) is 0 Å². The van der Waals surface area contributed by atoms with Crippen LogP contribution in [-0.4, -0.2) is 27.9 Å². The van der Waals surface area contributed by atoms with Crippen molar-refractivity contribution in [2.75, 3.05) is 6.61 Å². The van der Waals surface area contributed by atoms with Crippen LogP contribution < -0.4 is 0 Å². The van der Waals surface area contributed by atoms with E-state index in [4.69, 9.17) is 9.15 Å². The molecule has 5 rings (SSSR count). The van der Waals surface area contributed by atoms with Crippen LogP contribution in [0.5, 0.6) is 0 Å². The number of nitrogens with zero attached hydrogens (tertiary/aromatic N) is 2. The third-order valence-corrected chi connectivity index (χ3v) is 6.29. The number of rotatable bonds is 6. The van der Waals surface area contributed by atoms with Crippen molar-refractivity contribution in [3.05, 3.63) is 107 Å². The van der Waals surface area contributed by atoms with Gasteiger partial charge in [0.05, 0.1) is 11.1 Å². The second-order valence-electron chi connectivity index (χ2n) is 8.94. The molecule has 0 atom stereocenters. The number of ketones is 1. The molecule has 0 amide bonds. The Balaban J connectivity index is 1.40. The zero-order chi connectivity index (χ0) is 25.4. The van der Waals surface area contributed by atoms with Crippen LogP contribution in [0.2, 0.25) is 0 Å². The first-order valence-electron chi connectivity index (χ1n) is 11.7. The fourth-order valence-electron chi connectivity index (χ4n) is 4.47. The van der Waals surface area contributed by atoms with E-state index in [-0.39, 0.29) is 12.4 Å². The third-order valence-electron chi connectivity index (χ3n) is 6.29. The molecule has 3 heterocycles. The fourth-order valence-corrected chi connectivity index (χ4v) is 4.47. The van der Waals surface area contributed by atoms with Crippen LogP contribution in [0.4, 0.5) is 0 Å². The van der Waals surface area contributed by atoms with E-state index < -0.39 is 5.97 Å². The Bertz CT molecular complexity index is 1610. The Kier molecular flexibility index (Phi) is 6.02. The standard InChI is InChI=1S/C30H26N2O4/c1-18-9-12-22(13-10-18)32-19(2)15-24(21(32)4)28(33)17-35-30(34)25-16-27(29-14-11-20(3)36-29)31-26-8-6-5-7-23(25)26/h5-16H,17H2,1-4H3. The molecule has 180 valence electrons. The Morgan fingerprint density at radius 2 is 1.64 bits per heavy atom. The molecule has 0 saturated carbocycles. The molecule has 0 aliphatic heterocycles. The van der Waals surface area contributed by atoms with Crippen LogP contribution in [-0.2, 0) is 4.74 Å². The largest absolute Gasteiger partial charge is 0.460 e. The molecule has 0 bridgehead atoms. The van der Waals surface area contributed by atoms with Gasteiger partial charge in [-0.25, -0.2) is 9.78 Å². The molecular formula is C30H26N2O4. The number of esters is 1. The molecule has 0 fully saturated rings. The molecule has 2 aromatic carbocycles. The summed E-state index contributed by atoms with van der Waals surface area (Å²) >= 11 is 0. The highest BCUT2D eigenvalue weighted by molar-refractivity contribution is 6.06. The second-order valence-corrected chi connectivity index (χ2v) is 8.94. The first-order chi connectivity index (χ1) is 17.3. The van der Waals surface area contributed by atoms with Crippen molar-refractivity contribution in [2.24, 2.45) is 0 Å². The Labute approximate surface area is 209 Å². The smallest absolute Gasteiger partial charge is 0.339 e. The lowest BCUT2D eigenvalue weighted by atomic mass is 10.1. The van der Waals surface area contributed by atoms with E-state index >= 15 is 0 Å². The summed E-state index contributed by atoms with van der Waals surface area (Å²) in [5.74, 6) is 0.471. The van der Waals surface area contributed by atoms with Crippen molar-refractivity contribution in [2.45, 2.75) is 27.7 Å². The van der Waals surface area contributed by atoms with Gasteiger partial charge in [0.1, 0.15) is 11.5 Å². The van der Waals surface area contributed by atoms with Gasteiger partial charge in [-0.2, -0.15) is 0 Å². The molecule has 0 spiro atoms. The molecule has 6 nitrogen and oxygen atoms in total. The maximum atomic E-state index is 13.2. The number of carbonyl (C=O) groups is 2. The van der Waals surface area contributed by atoms with Crippen LogP contribution in [0.1, 0.15) is 43.4 Å². The average molecular weight is 479 g/mol. The van der Waals surface area contributed by atoms with E-state index in [1.165, 1.54) is 5.56 Å². The Morgan fingerprint density at radius 1 is 0.889 bits per heavy atom. The highest BCUT2D eigenvalue weighted by Gasteiger charge is 2.21. The van der Waals surface area contributed by atoms with Gasteiger partial charge in [0.2, 0.25) is 5.78 Å². The summed E-state index contributed by atoms with van der Waals surface area (Å²) in [4.78, 5) is 30.9. The maximum Gasteiger partial charge on any atom is 0.339 e. The van der Waals surface area contributed by atoms with E-state index in [1.807, 2.05) is 99.0 Å². The number of aryl methyl sites for hydroxylation is 3. The summed E-state index contributed by atoms with van der Waals surface area (Å²) in [5.41, 5.74) is 5.93. The van der Waals surface area contributed by atoms with Gasteiger partial charge in [-0.1, -0.05) is 35.9 Å². The van der Waals surface area contributed by atoms with Crippen molar-refractivity contribution in [3.63, 3.8) is 0 Å². The summed E-state index contributed by atoms with van der Waals surface area (Å²) in [6.45, 7) is 7.38. The summed E-state index contributed by atoms with van der Waals surface area (Å²) in [7, 11) is 0. The van der Waals surface area contributed by atoms with E-state index in [9.17, 15) is 9.59 Å². The topological polar surface area (TPSA) is 74.3 Å². The average Bonchev–Trinajstić information content (AvgIpc) is 3.44. The fraction of sp³-hybridized carbons (Fsp3) is 0.167. The molecule has 0 saturated heterocycles. The third kappa shape index (κ3) is 4.33. The number of benzene rings is 2. The lowest BCUT2D eigenvalue weighted by molar-refractivity contribution is 0.0476. The van der Waals surface area contributed by atoms with Crippen molar-refractivity contribution in [1.82, 2.24) is 9.55 Å². The van der Waals surface area contributed by atoms with Gasteiger partial charge in [-0.05, 0) is 70.2 Å². The Morgan fingerprint density at radius 3 is 2.36 bits per heavy atom. The van der Waals surface area contributed by atoms with Crippen LogP contribution in [0.15, 0.2) is 77.2 Å². The molecule has 6 heteroatoms. The highest BCUT2D eigenvalue weighted by Crippen LogP contribution is 2.27. The first-order valence-corrected chi connectivity index (χ1v) is 11.7. The number of carbonyl (C=O) groups excluding carboxylic acids is 2. The van der Waals surface area contributed by atoms with E-state index in [2.05, 4.69) is 4.98 Å². The number of fused-ring (bicyclic) bond motifs is 1. The van der Waals surface area contributed by atoms with Crippen molar-refractivity contribution < 1.29 is 18.7 Å². The van der Waals surface area contributed by atoms with Crippen molar-refractivity contribution in [1.29, 1.82) is 0 Å². The summed E-state index contributed by atoms with van der Waals surface area (Å²) in [6.07, 6.45) is 0. The van der Waals surface area contributed by atoms with Gasteiger partial charge in [0, 0.05) is 28.0 Å². The molecular weight excluding hydrogens is 452 g/mol. The van der Waals surface area contributed by atoms with Crippen LogP contribution in [0.3, 0.4) is 0 Å². The minimum Gasteiger partial charge on any atom is -0.460 e. The predicted molar refractivity (Wildman–Crippen MR) is 139 cm³/mol. The number of Topliss-reactive ketones (excluding diaryl/α,β-unsaturated/α-hetero) is 1. The quantitative estimate of drug-likeness (QED) is 0.204. The number of hydrogen-bond acceptors (Lipinski definition) is 5. The second kappa shape index (κ2) is 9.30. The van der Waals surface area contributed by atoms with Crippen molar-refractivity contribution in [3.8, 4) is 17.1 Å². The van der Waals surface area contributed by atoms with Crippen LogP contribution in [0, 0.1) is 27.7 Å². The molecule has 5 aromatic rings. The number of furan rings is 1. The predicted octanol–water partition coefficient (Wildman–Crippen LogP) is 6.56. The zero-order valence-electron chi connectivity index (χ0n) is 20.7. The molecule has 0 radical (unpaired) electrons. The number of hydrogen-bond donors (Lipinski definition) is 0. The Hall–Kier alpha value is -4.45. The van der Waals surface area contributed by atoms with Crippen molar-refractivity contribution >= 4 is 22.7 Å². The van der Waals surface area contributed by atoms with Gasteiger partial charge >= 0.3 is 5.97 Å². The molecule has 0 unspecified atom stereocenters. The maximum absolute atomic E-state index is 13.2. The highest BCUT2D eigenvalue weighted by atomic mass is 16.5. The SMILES string of the molecule is Cc1ccc(-n2c(C)cc(C(=O)COC(=O)c3cc(-c4ccc(C)o4)nc4ccccc34)c2C)cc1. The minimum atomic E-state index is -0.584. The van der Waals surface area contributed by atoms with E-state index in [1.54, 1.807) is 6.07 Å². The lowest BCUT2D eigenvalue weighted by Crippen LogP contribution is -2.15. The van der Waals surface area contributed by atoms with Gasteiger partial charge in [-0.3, -0.25) is 4.79 Å². The normalized spacial score (nSPS) is 11.1. The number of aromatic nitrogens is 2. The zero-order valence-corrected chi connectivity index (χ0v) is 20.7. The molecule has 0 aliphatic carbocycles.